The maximum absolute atomic E-state index is 13.0. The lowest BCUT2D eigenvalue weighted by molar-refractivity contribution is 0.306. The predicted octanol–water partition coefficient (Wildman–Crippen LogP) is 5.77. The quantitative estimate of drug-likeness (QED) is 0.224. The summed E-state index contributed by atoms with van der Waals surface area (Å²) in [5.41, 5.74) is 5.63. The van der Waals surface area contributed by atoms with E-state index in [2.05, 4.69) is 35.7 Å². The fourth-order valence-corrected chi connectivity index (χ4v) is 3.92. The summed E-state index contributed by atoms with van der Waals surface area (Å²) in [5, 5.41) is 7.58. The molecule has 0 saturated carbocycles. The molecule has 1 aliphatic heterocycles. The van der Waals surface area contributed by atoms with Gasteiger partial charge >= 0.3 is 0 Å². The van der Waals surface area contributed by atoms with E-state index in [-0.39, 0.29) is 5.82 Å². The Kier molecular flexibility index (Phi) is 7.80. The van der Waals surface area contributed by atoms with Gasteiger partial charge < -0.3 is 15.0 Å². The van der Waals surface area contributed by atoms with Gasteiger partial charge in [0.1, 0.15) is 18.2 Å². The number of nitrogens with zero attached hydrogens (tertiary/aromatic N) is 5. The van der Waals surface area contributed by atoms with E-state index in [0.717, 1.165) is 48.5 Å². The third-order valence-corrected chi connectivity index (χ3v) is 5.87. The number of hydrogen-bond acceptors (Lipinski definition) is 8. The number of nitrogens with one attached hydrogen (secondary N) is 2. The van der Waals surface area contributed by atoms with E-state index in [1.807, 2.05) is 54.6 Å². The van der Waals surface area contributed by atoms with Gasteiger partial charge in [0.05, 0.1) is 6.21 Å². The molecule has 4 aromatic rings. The van der Waals surface area contributed by atoms with Crippen molar-refractivity contribution in [3.63, 3.8) is 0 Å². The van der Waals surface area contributed by atoms with E-state index in [0.29, 0.717) is 24.5 Å². The molecule has 1 fully saturated rings. The number of para-hydroxylation sites is 1. The molecular formula is C28H28FN7O. The lowest BCUT2D eigenvalue weighted by Crippen LogP contribution is -2.31. The maximum atomic E-state index is 13.0. The summed E-state index contributed by atoms with van der Waals surface area (Å²) in [6.07, 6.45) is 5.16. The van der Waals surface area contributed by atoms with Gasteiger partial charge in [-0.15, -0.1) is 0 Å². The number of ether oxygens (including phenoxy) is 1. The van der Waals surface area contributed by atoms with Crippen molar-refractivity contribution in [2.24, 2.45) is 5.10 Å². The second-order valence-corrected chi connectivity index (χ2v) is 8.68. The van der Waals surface area contributed by atoms with Gasteiger partial charge in [0.2, 0.25) is 17.8 Å². The summed E-state index contributed by atoms with van der Waals surface area (Å²) in [6, 6.07) is 23.6. The first-order valence-electron chi connectivity index (χ1n) is 12.3. The van der Waals surface area contributed by atoms with Gasteiger partial charge in [0.25, 0.3) is 0 Å². The minimum absolute atomic E-state index is 0.260. The second kappa shape index (κ2) is 11.9. The summed E-state index contributed by atoms with van der Waals surface area (Å²) in [4.78, 5) is 15.9. The van der Waals surface area contributed by atoms with E-state index >= 15 is 0 Å². The first kappa shape index (κ1) is 24.2. The fraction of sp³-hybridized carbons (Fsp3) is 0.214. The molecule has 2 heterocycles. The van der Waals surface area contributed by atoms with E-state index < -0.39 is 0 Å². The number of hydrogen-bond donors (Lipinski definition) is 2. The molecule has 0 spiro atoms. The Bertz CT molecular complexity index is 1310. The normalized spacial score (nSPS) is 13.5. The summed E-state index contributed by atoms with van der Waals surface area (Å²) < 4.78 is 18.8. The first-order chi connectivity index (χ1) is 18.2. The summed E-state index contributed by atoms with van der Waals surface area (Å²) >= 11 is 0. The molecule has 1 aliphatic rings. The van der Waals surface area contributed by atoms with Crippen LogP contribution in [0.2, 0.25) is 0 Å². The van der Waals surface area contributed by atoms with Crippen molar-refractivity contribution in [3.05, 3.63) is 95.8 Å². The van der Waals surface area contributed by atoms with Crippen LogP contribution < -0.4 is 20.4 Å². The minimum Gasteiger partial charge on any atom is -0.489 e. The maximum Gasteiger partial charge on any atom is 0.250 e. The second-order valence-electron chi connectivity index (χ2n) is 8.68. The Balaban J connectivity index is 1.24. The van der Waals surface area contributed by atoms with Gasteiger partial charge in [0.15, 0.2) is 0 Å². The van der Waals surface area contributed by atoms with Crippen LogP contribution >= 0.6 is 0 Å². The van der Waals surface area contributed by atoms with E-state index in [9.17, 15) is 4.39 Å². The largest absolute Gasteiger partial charge is 0.489 e. The molecule has 188 valence electrons. The van der Waals surface area contributed by atoms with Crippen molar-refractivity contribution in [1.29, 1.82) is 0 Å². The molecule has 3 aromatic carbocycles. The zero-order valence-corrected chi connectivity index (χ0v) is 20.3. The van der Waals surface area contributed by atoms with Gasteiger partial charge in [-0.05, 0) is 78.9 Å². The number of hydrazone groups is 1. The molecule has 9 heteroatoms. The van der Waals surface area contributed by atoms with Crippen LogP contribution in [-0.4, -0.2) is 34.3 Å². The zero-order chi connectivity index (χ0) is 25.3. The molecule has 0 aliphatic carbocycles. The summed E-state index contributed by atoms with van der Waals surface area (Å²) in [6.45, 7) is 2.22. The number of anilines is 4. The molecular weight excluding hydrogens is 469 g/mol. The average Bonchev–Trinajstić information content (AvgIpc) is 2.94. The molecule has 0 atom stereocenters. The first-order valence-corrected chi connectivity index (χ1v) is 12.3. The highest BCUT2D eigenvalue weighted by atomic mass is 19.1. The SMILES string of the molecule is Fc1ccc(COc2ccc(/C=N/Nc3nc(Nc4ccccc4)nc(N4CCCCC4)n3)cc2)cc1. The lowest BCUT2D eigenvalue weighted by Gasteiger charge is -2.26. The van der Waals surface area contributed by atoms with Crippen molar-refractivity contribution in [2.75, 3.05) is 28.7 Å². The molecule has 37 heavy (non-hydrogen) atoms. The van der Waals surface area contributed by atoms with E-state index in [1.165, 1.54) is 18.6 Å². The van der Waals surface area contributed by atoms with Crippen LogP contribution in [0.5, 0.6) is 5.75 Å². The number of rotatable bonds is 9. The summed E-state index contributed by atoms with van der Waals surface area (Å²) in [5.74, 6) is 1.92. The van der Waals surface area contributed by atoms with Crippen molar-refractivity contribution in [1.82, 2.24) is 15.0 Å². The van der Waals surface area contributed by atoms with Crippen molar-refractivity contribution in [2.45, 2.75) is 25.9 Å². The average molecular weight is 498 g/mol. The highest BCUT2D eigenvalue weighted by Crippen LogP contribution is 2.21. The Morgan fingerprint density at radius 1 is 0.838 bits per heavy atom. The Morgan fingerprint density at radius 3 is 2.32 bits per heavy atom. The molecule has 2 N–H and O–H groups in total. The van der Waals surface area contributed by atoms with Crippen molar-refractivity contribution in [3.8, 4) is 5.75 Å². The highest BCUT2D eigenvalue weighted by molar-refractivity contribution is 5.80. The monoisotopic (exact) mass is 497 g/mol. The Hall–Kier alpha value is -4.53. The molecule has 0 bridgehead atoms. The molecule has 5 rings (SSSR count). The topological polar surface area (TPSA) is 87.6 Å². The van der Waals surface area contributed by atoms with Crippen LogP contribution in [-0.2, 0) is 6.61 Å². The van der Waals surface area contributed by atoms with Crippen molar-refractivity contribution >= 4 is 29.7 Å². The van der Waals surface area contributed by atoms with Gasteiger partial charge in [-0.25, -0.2) is 9.82 Å². The predicted molar refractivity (Wildman–Crippen MR) is 144 cm³/mol. The van der Waals surface area contributed by atoms with Gasteiger partial charge in [-0.1, -0.05) is 30.3 Å². The molecule has 0 radical (unpaired) electrons. The molecule has 1 aromatic heterocycles. The lowest BCUT2D eigenvalue weighted by atomic mass is 10.1. The third kappa shape index (κ3) is 7.00. The summed E-state index contributed by atoms with van der Waals surface area (Å²) in [7, 11) is 0. The molecule has 1 saturated heterocycles. The van der Waals surface area contributed by atoms with E-state index in [4.69, 9.17) is 4.74 Å². The smallest absolute Gasteiger partial charge is 0.250 e. The van der Waals surface area contributed by atoms with Crippen LogP contribution in [0.1, 0.15) is 30.4 Å². The zero-order valence-electron chi connectivity index (χ0n) is 20.3. The van der Waals surface area contributed by atoms with E-state index in [1.54, 1.807) is 18.3 Å². The number of halogens is 1. The molecule has 0 amide bonds. The number of aromatic nitrogens is 3. The van der Waals surface area contributed by atoms with Gasteiger partial charge in [0, 0.05) is 18.8 Å². The van der Waals surface area contributed by atoms with Crippen LogP contribution in [0.15, 0.2) is 84.0 Å². The third-order valence-electron chi connectivity index (χ3n) is 5.87. The highest BCUT2D eigenvalue weighted by Gasteiger charge is 2.16. The minimum atomic E-state index is -0.260. The van der Waals surface area contributed by atoms with Gasteiger partial charge in [-0.2, -0.15) is 20.1 Å². The van der Waals surface area contributed by atoms with Crippen LogP contribution in [0.25, 0.3) is 0 Å². The standard InChI is InChI=1S/C28H28FN7O/c29-23-13-9-22(10-14-23)20-37-25-15-11-21(12-16-25)19-30-35-27-32-26(31-24-7-3-1-4-8-24)33-28(34-27)36-17-5-2-6-18-36/h1,3-4,7-16,19H,2,5-6,17-18,20H2,(H2,31,32,33,34,35)/b30-19+. The van der Waals surface area contributed by atoms with Crippen LogP contribution in [0.4, 0.5) is 27.9 Å². The number of piperidine rings is 1. The molecule has 0 unspecified atom stereocenters. The van der Waals surface area contributed by atoms with Crippen LogP contribution in [0, 0.1) is 5.82 Å². The Morgan fingerprint density at radius 2 is 1.57 bits per heavy atom. The fourth-order valence-electron chi connectivity index (χ4n) is 3.92. The van der Waals surface area contributed by atoms with Crippen molar-refractivity contribution < 1.29 is 9.13 Å². The Labute approximate surface area is 215 Å². The number of benzene rings is 3. The van der Waals surface area contributed by atoms with Gasteiger partial charge in [-0.3, -0.25) is 0 Å². The van der Waals surface area contributed by atoms with Crippen LogP contribution in [0.3, 0.4) is 0 Å². The molecule has 8 nitrogen and oxygen atoms in total.